The van der Waals surface area contributed by atoms with Crippen LogP contribution in [-0.2, 0) is 24.0 Å². The van der Waals surface area contributed by atoms with E-state index in [4.69, 9.17) is 14.5 Å². The smallest absolute Gasteiger partial charge is 0.191 e. The lowest BCUT2D eigenvalue weighted by molar-refractivity contribution is -0.0838. The highest BCUT2D eigenvalue weighted by atomic mass is 32.2. The van der Waals surface area contributed by atoms with Crippen LogP contribution in [0.4, 0.5) is 5.82 Å². The molecular weight excluding hydrogens is 390 g/mol. The monoisotopic (exact) mass is 417 g/mol. The first kappa shape index (κ1) is 21.4. The quantitative estimate of drug-likeness (QED) is 0.295. The molecule has 1 aromatic carbocycles. The molecule has 0 saturated heterocycles. The normalized spacial score (nSPS) is 12.3. The minimum atomic E-state index is -0.908. The number of aliphatic hydroxyl groups excluding tert-OH is 1. The number of aromatic nitrogens is 4. The SMILES string of the molecule is CCOC(O)CNc1nc(SCc2ccc(OC)cc2)nc2c1nc(CC)n2C. The number of hydrogen-bond acceptors (Lipinski definition) is 8. The molecule has 0 aliphatic rings. The summed E-state index contributed by atoms with van der Waals surface area (Å²) >= 11 is 1.55. The summed E-state index contributed by atoms with van der Waals surface area (Å²) in [6.07, 6.45) is -0.114. The van der Waals surface area contributed by atoms with Gasteiger partial charge in [-0.3, -0.25) is 0 Å². The third-order valence-electron chi connectivity index (χ3n) is 4.44. The Kier molecular flexibility index (Phi) is 7.29. The molecule has 1 unspecified atom stereocenters. The van der Waals surface area contributed by atoms with Crippen LogP contribution in [0.3, 0.4) is 0 Å². The van der Waals surface area contributed by atoms with Crippen LogP contribution in [0.15, 0.2) is 29.4 Å². The number of aryl methyl sites for hydroxylation is 2. The van der Waals surface area contributed by atoms with Gasteiger partial charge in [-0.05, 0) is 24.6 Å². The summed E-state index contributed by atoms with van der Waals surface area (Å²) in [5.41, 5.74) is 2.62. The summed E-state index contributed by atoms with van der Waals surface area (Å²) in [5, 5.41) is 13.7. The van der Waals surface area contributed by atoms with Gasteiger partial charge in [-0.15, -0.1) is 0 Å². The average Bonchev–Trinajstić information content (AvgIpc) is 3.07. The number of ether oxygens (including phenoxy) is 2. The zero-order chi connectivity index (χ0) is 20.8. The van der Waals surface area contributed by atoms with Gasteiger partial charge in [-0.25, -0.2) is 15.0 Å². The van der Waals surface area contributed by atoms with E-state index in [9.17, 15) is 5.11 Å². The molecule has 1 atom stereocenters. The molecule has 0 spiro atoms. The van der Waals surface area contributed by atoms with Gasteiger partial charge in [0.1, 0.15) is 11.6 Å². The highest BCUT2D eigenvalue weighted by Crippen LogP contribution is 2.27. The number of anilines is 1. The first-order valence-corrected chi connectivity index (χ1v) is 10.6. The maximum atomic E-state index is 9.88. The Morgan fingerprint density at radius 3 is 2.59 bits per heavy atom. The number of rotatable bonds is 10. The molecule has 0 radical (unpaired) electrons. The largest absolute Gasteiger partial charge is 0.497 e. The van der Waals surface area contributed by atoms with Crippen LogP contribution in [0, 0.1) is 0 Å². The van der Waals surface area contributed by atoms with Gasteiger partial charge in [-0.1, -0.05) is 30.8 Å². The molecule has 2 N–H and O–H groups in total. The summed E-state index contributed by atoms with van der Waals surface area (Å²) < 4.78 is 12.4. The minimum Gasteiger partial charge on any atom is -0.497 e. The van der Waals surface area contributed by atoms with Crippen LogP contribution in [0.25, 0.3) is 11.2 Å². The number of methoxy groups -OCH3 is 1. The Balaban J connectivity index is 1.84. The molecule has 3 rings (SSSR count). The second-order valence-corrected chi connectivity index (χ2v) is 7.34. The van der Waals surface area contributed by atoms with Gasteiger partial charge in [0.05, 0.1) is 13.7 Å². The van der Waals surface area contributed by atoms with Crippen molar-refractivity contribution in [2.45, 2.75) is 37.5 Å². The number of benzene rings is 1. The molecule has 3 aromatic rings. The number of nitrogens with zero attached hydrogens (tertiary/aromatic N) is 4. The zero-order valence-corrected chi connectivity index (χ0v) is 18.0. The first-order valence-electron chi connectivity index (χ1n) is 9.58. The predicted octanol–water partition coefficient (Wildman–Crippen LogP) is 2.99. The maximum Gasteiger partial charge on any atom is 0.191 e. The number of fused-ring (bicyclic) bond motifs is 1. The van der Waals surface area contributed by atoms with E-state index in [0.29, 0.717) is 23.1 Å². The molecule has 0 aliphatic heterocycles. The number of imidazole rings is 1. The molecule has 0 saturated carbocycles. The van der Waals surface area contributed by atoms with Crippen LogP contribution in [0.5, 0.6) is 5.75 Å². The fraction of sp³-hybridized carbons (Fsp3) is 0.450. The standard InChI is InChI=1S/C20H27N5O3S/c1-5-15-22-17-18(21-11-16(26)28-6-2)23-20(24-19(17)25(15)3)29-12-13-7-9-14(27-4)10-8-13/h7-10,16,26H,5-6,11-12H2,1-4H3,(H,21,23,24). The Morgan fingerprint density at radius 1 is 1.17 bits per heavy atom. The van der Waals surface area contributed by atoms with Gasteiger partial charge in [0, 0.05) is 25.8 Å². The van der Waals surface area contributed by atoms with E-state index in [2.05, 4.69) is 22.2 Å². The lowest BCUT2D eigenvalue weighted by Crippen LogP contribution is -2.23. The van der Waals surface area contributed by atoms with Gasteiger partial charge in [0.25, 0.3) is 0 Å². The molecule has 0 aliphatic carbocycles. The van der Waals surface area contributed by atoms with Crippen molar-refractivity contribution in [3.63, 3.8) is 0 Å². The van der Waals surface area contributed by atoms with E-state index in [0.717, 1.165) is 35.0 Å². The van der Waals surface area contributed by atoms with E-state index in [1.54, 1.807) is 18.9 Å². The van der Waals surface area contributed by atoms with Crippen molar-refractivity contribution in [3.05, 3.63) is 35.7 Å². The van der Waals surface area contributed by atoms with Crippen LogP contribution in [-0.4, -0.2) is 51.2 Å². The van der Waals surface area contributed by atoms with E-state index < -0.39 is 6.29 Å². The molecule has 0 bridgehead atoms. The molecule has 29 heavy (non-hydrogen) atoms. The molecule has 156 valence electrons. The summed E-state index contributed by atoms with van der Waals surface area (Å²) in [7, 11) is 3.61. The Morgan fingerprint density at radius 2 is 1.93 bits per heavy atom. The number of thioether (sulfide) groups is 1. The van der Waals surface area contributed by atoms with E-state index in [1.807, 2.05) is 42.8 Å². The van der Waals surface area contributed by atoms with Crippen molar-refractivity contribution in [1.82, 2.24) is 19.5 Å². The zero-order valence-electron chi connectivity index (χ0n) is 17.2. The van der Waals surface area contributed by atoms with Crippen LogP contribution < -0.4 is 10.1 Å². The van der Waals surface area contributed by atoms with Crippen LogP contribution >= 0.6 is 11.8 Å². The lowest BCUT2D eigenvalue weighted by Gasteiger charge is -2.13. The van der Waals surface area contributed by atoms with Gasteiger partial charge >= 0.3 is 0 Å². The van der Waals surface area contributed by atoms with E-state index in [1.165, 1.54) is 0 Å². The van der Waals surface area contributed by atoms with E-state index in [-0.39, 0.29) is 6.54 Å². The van der Waals surface area contributed by atoms with Crippen LogP contribution in [0.2, 0.25) is 0 Å². The molecule has 0 fully saturated rings. The Hall–Kier alpha value is -2.36. The minimum absolute atomic E-state index is 0.223. The van der Waals surface area contributed by atoms with Crippen molar-refractivity contribution in [2.24, 2.45) is 7.05 Å². The Labute approximate surface area is 174 Å². The van der Waals surface area contributed by atoms with E-state index >= 15 is 0 Å². The molecular formula is C20H27N5O3S. The Bertz CT molecular complexity index is 945. The number of nitrogens with one attached hydrogen (secondary N) is 1. The van der Waals surface area contributed by atoms with Crippen molar-refractivity contribution < 1.29 is 14.6 Å². The summed E-state index contributed by atoms with van der Waals surface area (Å²) in [6, 6.07) is 7.94. The van der Waals surface area contributed by atoms with Gasteiger partial charge in [-0.2, -0.15) is 0 Å². The number of aliphatic hydroxyl groups is 1. The molecule has 0 amide bonds. The topological polar surface area (TPSA) is 94.3 Å². The summed E-state index contributed by atoms with van der Waals surface area (Å²) in [4.78, 5) is 14.0. The lowest BCUT2D eigenvalue weighted by atomic mass is 10.2. The summed E-state index contributed by atoms with van der Waals surface area (Å²) in [6.45, 7) is 4.56. The fourth-order valence-electron chi connectivity index (χ4n) is 2.90. The highest BCUT2D eigenvalue weighted by molar-refractivity contribution is 7.98. The van der Waals surface area contributed by atoms with Gasteiger partial charge < -0.3 is 24.5 Å². The first-order chi connectivity index (χ1) is 14.0. The molecule has 2 aromatic heterocycles. The molecule has 9 heteroatoms. The third kappa shape index (κ3) is 5.17. The van der Waals surface area contributed by atoms with Crippen LogP contribution in [0.1, 0.15) is 25.2 Å². The molecule has 2 heterocycles. The van der Waals surface area contributed by atoms with Crippen molar-refractivity contribution in [1.29, 1.82) is 0 Å². The maximum absolute atomic E-state index is 9.88. The number of hydrogen-bond donors (Lipinski definition) is 2. The average molecular weight is 418 g/mol. The second kappa shape index (κ2) is 9.91. The van der Waals surface area contributed by atoms with Crippen molar-refractivity contribution in [2.75, 3.05) is 25.6 Å². The predicted molar refractivity (Wildman–Crippen MR) is 114 cm³/mol. The molecule has 8 nitrogen and oxygen atoms in total. The van der Waals surface area contributed by atoms with Gasteiger partial charge in [0.15, 0.2) is 28.4 Å². The second-order valence-electron chi connectivity index (χ2n) is 6.40. The van der Waals surface area contributed by atoms with Gasteiger partial charge in [0.2, 0.25) is 0 Å². The highest BCUT2D eigenvalue weighted by Gasteiger charge is 2.16. The summed E-state index contributed by atoms with van der Waals surface area (Å²) in [5.74, 6) is 3.09. The van der Waals surface area contributed by atoms with Crippen molar-refractivity contribution in [3.8, 4) is 5.75 Å². The van der Waals surface area contributed by atoms with Crippen molar-refractivity contribution >= 4 is 28.7 Å². The fourth-order valence-corrected chi connectivity index (χ4v) is 3.69. The third-order valence-corrected chi connectivity index (χ3v) is 5.36.